The van der Waals surface area contributed by atoms with Crippen LogP contribution < -0.4 is 0 Å². The molecule has 28 heavy (non-hydrogen) atoms. The first-order valence-corrected chi connectivity index (χ1v) is 9.00. The highest BCUT2D eigenvalue weighted by Gasteiger charge is 2.09. The van der Waals surface area contributed by atoms with E-state index in [0.717, 1.165) is 38.6 Å². The van der Waals surface area contributed by atoms with Crippen LogP contribution in [-0.2, 0) is 0 Å². The van der Waals surface area contributed by atoms with Gasteiger partial charge in [-0.25, -0.2) is 9.78 Å². The molecule has 0 bridgehead atoms. The second-order valence-electron chi connectivity index (χ2n) is 6.70. The van der Waals surface area contributed by atoms with E-state index in [2.05, 4.69) is 45.9 Å². The molecule has 0 fully saturated rings. The number of hydrogen-bond donors (Lipinski definition) is 1. The summed E-state index contributed by atoms with van der Waals surface area (Å²) in [6.07, 6.45) is 1.86. The minimum atomic E-state index is -0.915. The summed E-state index contributed by atoms with van der Waals surface area (Å²) in [4.78, 5) is 15.6. The van der Waals surface area contributed by atoms with E-state index in [1.54, 1.807) is 12.1 Å². The van der Waals surface area contributed by atoms with Crippen molar-refractivity contribution in [2.24, 2.45) is 0 Å². The van der Waals surface area contributed by atoms with Gasteiger partial charge >= 0.3 is 5.97 Å². The van der Waals surface area contributed by atoms with Gasteiger partial charge in [0, 0.05) is 5.39 Å². The number of aromatic carboxylic acids is 1. The molecule has 4 nitrogen and oxygen atoms in total. The predicted molar refractivity (Wildman–Crippen MR) is 111 cm³/mol. The highest BCUT2D eigenvalue weighted by atomic mass is 16.4. The zero-order valence-electron chi connectivity index (χ0n) is 14.9. The smallest absolute Gasteiger partial charge is 0.335 e. The van der Waals surface area contributed by atoms with Gasteiger partial charge in [-0.2, -0.15) is 0 Å². The lowest BCUT2D eigenvalue weighted by molar-refractivity contribution is 0.0697. The molecule has 0 atom stereocenters. The quantitative estimate of drug-likeness (QED) is 0.457. The number of para-hydroxylation sites is 2. The third-order valence-corrected chi connectivity index (χ3v) is 5.04. The number of fused-ring (bicyclic) bond motifs is 2. The van der Waals surface area contributed by atoms with Crippen molar-refractivity contribution in [3.8, 4) is 16.8 Å². The Morgan fingerprint density at radius 3 is 2.43 bits per heavy atom. The van der Waals surface area contributed by atoms with Crippen molar-refractivity contribution in [2.75, 3.05) is 0 Å². The maximum absolute atomic E-state index is 11.1. The first kappa shape index (κ1) is 16.3. The van der Waals surface area contributed by atoms with Crippen molar-refractivity contribution in [2.45, 2.75) is 0 Å². The van der Waals surface area contributed by atoms with E-state index in [9.17, 15) is 4.79 Å². The maximum Gasteiger partial charge on any atom is 0.335 e. The second-order valence-corrected chi connectivity index (χ2v) is 6.70. The van der Waals surface area contributed by atoms with E-state index < -0.39 is 5.97 Å². The van der Waals surface area contributed by atoms with Gasteiger partial charge in [0.05, 0.1) is 22.3 Å². The molecule has 1 heterocycles. The minimum absolute atomic E-state index is 0.291. The van der Waals surface area contributed by atoms with Crippen LogP contribution in [0.4, 0.5) is 0 Å². The van der Waals surface area contributed by atoms with Crippen molar-refractivity contribution in [1.29, 1.82) is 0 Å². The molecule has 4 aromatic carbocycles. The third kappa shape index (κ3) is 2.63. The number of carboxylic acids is 1. The number of nitrogens with zero attached hydrogens (tertiary/aromatic N) is 2. The normalized spacial score (nSPS) is 11.1. The number of carboxylic acid groups (broad SMARTS) is 1. The molecule has 0 aliphatic heterocycles. The van der Waals surface area contributed by atoms with Crippen LogP contribution in [0.5, 0.6) is 0 Å². The fourth-order valence-corrected chi connectivity index (χ4v) is 3.61. The summed E-state index contributed by atoms with van der Waals surface area (Å²) in [6, 6.07) is 27.6. The number of benzene rings is 4. The van der Waals surface area contributed by atoms with Crippen molar-refractivity contribution in [3.63, 3.8) is 0 Å². The number of rotatable bonds is 3. The predicted octanol–water partition coefficient (Wildman–Crippen LogP) is 5.54. The number of imidazole rings is 1. The van der Waals surface area contributed by atoms with Gasteiger partial charge in [-0.1, -0.05) is 48.5 Å². The van der Waals surface area contributed by atoms with Gasteiger partial charge in [-0.3, -0.25) is 4.57 Å². The van der Waals surface area contributed by atoms with Crippen LogP contribution in [0, 0.1) is 0 Å². The molecular formula is C24H16N2O2. The summed E-state index contributed by atoms with van der Waals surface area (Å²) in [5.41, 5.74) is 5.46. The molecule has 1 N–H and O–H groups in total. The molecule has 134 valence electrons. The fraction of sp³-hybridized carbons (Fsp3) is 0. The molecule has 0 aliphatic rings. The van der Waals surface area contributed by atoms with Gasteiger partial charge in [-0.05, 0) is 52.9 Å². The van der Waals surface area contributed by atoms with Gasteiger partial charge in [0.15, 0.2) is 0 Å². The van der Waals surface area contributed by atoms with Crippen LogP contribution in [0.25, 0.3) is 38.6 Å². The number of hydrogen-bond acceptors (Lipinski definition) is 2. The van der Waals surface area contributed by atoms with Crippen molar-refractivity contribution < 1.29 is 9.90 Å². The Morgan fingerprint density at radius 2 is 1.61 bits per heavy atom. The van der Waals surface area contributed by atoms with E-state index >= 15 is 0 Å². The molecule has 0 unspecified atom stereocenters. The first-order chi connectivity index (χ1) is 13.7. The fourth-order valence-electron chi connectivity index (χ4n) is 3.61. The van der Waals surface area contributed by atoms with Gasteiger partial charge in [-0.15, -0.1) is 0 Å². The average molecular weight is 364 g/mol. The average Bonchev–Trinajstić information content (AvgIpc) is 3.17. The second kappa shape index (κ2) is 6.35. The topological polar surface area (TPSA) is 55.1 Å². The van der Waals surface area contributed by atoms with Crippen molar-refractivity contribution in [1.82, 2.24) is 9.55 Å². The minimum Gasteiger partial charge on any atom is -0.478 e. The Bertz CT molecular complexity index is 1330. The standard InChI is InChI=1S/C24H16N2O2/c27-24(28)17-10-8-16(9-11-17)18-12-13-20-19(14-18)4-3-7-22(20)26-15-25-21-5-1-2-6-23(21)26/h1-15H,(H,27,28). The lowest BCUT2D eigenvalue weighted by Crippen LogP contribution is -1.95. The van der Waals surface area contributed by atoms with Gasteiger partial charge in [0.25, 0.3) is 0 Å². The molecule has 0 radical (unpaired) electrons. The Balaban J connectivity index is 1.63. The lowest BCUT2D eigenvalue weighted by atomic mass is 9.99. The van der Waals surface area contributed by atoms with E-state index in [1.165, 1.54) is 0 Å². The van der Waals surface area contributed by atoms with Crippen LogP contribution >= 0.6 is 0 Å². The number of aromatic nitrogens is 2. The Hall–Kier alpha value is -3.92. The lowest BCUT2D eigenvalue weighted by Gasteiger charge is -2.11. The molecule has 5 rings (SSSR count). The summed E-state index contributed by atoms with van der Waals surface area (Å²) >= 11 is 0. The molecule has 0 spiro atoms. The summed E-state index contributed by atoms with van der Waals surface area (Å²) in [5, 5.41) is 11.3. The highest BCUT2D eigenvalue weighted by molar-refractivity contribution is 5.95. The maximum atomic E-state index is 11.1. The molecule has 0 aliphatic carbocycles. The summed E-state index contributed by atoms with van der Waals surface area (Å²) in [6.45, 7) is 0. The van der Waals surface area contributed by atoms with Crippen LogP contribution in [-0.4, -0.2) is 20.6 Å². The van der Waals surface area contributed by atoms with Crippen molar-refractivity contribution in [3.05, 3.63) is 96.8 Å². The van der Waals surface area contributed by atoms with E-state index in [4.69, 9.17) is 5.11 Å². The van der Waals surface area contributed by atoms with E-state index in [-0.39, 0.29) is 0 Å². The molecule has 0 amide bonds. The Morgan fingerprint density at radius 1 is 0.821 bits per heavy atom. The third-order valence-electron chi connectivity index (χ3n) is 5.04. The zero-order valence-corrected chi connectivity index (χ0v) is 14.9. The zero-order chi connectivity index (χ0) is 19.1. The van der Waals surface area contributed by atoms with Gasteiger partial charge in [0.2, 0.25) is 0 Å². The number of carbonyl (C=O) groups is 1. The van der Waals surface area contributed by atoms with Crippen LogP contribution in [0.1, 0.15) is 10.4 Å². The molecule has 5 aromatic rings. The van der Waals surface area contributed by atoms with Crippen LogP contribution in [0.3, 0.4) is 0 Å². The van der Waals surface area contributed by atoms with E-state index in [1.807, 2.05) is 42.7 Å². The van der Waals surface area contributed by atoms with E-state index in [0.29, 0.717) is 5.56 Å². The monoisotopic (exact) mass is 364 g/mol. The largest absolute Gasteiger partial charge is 0.478 e. The molecule has 0 saturated heterocycles. The Labute approximate surface area is 161 Å². The first-order valence-electron chi connectivity index (χ1n) is 9.00. The molecule has 1 aromatic heterocycles. The summed E-state index contributed by atoms with van der Waals surface area (Å²) in [5.74, 6) is -0.915. The SMILES string of the molecule is O=C(O)c1ccc(-c2ccc3c(-n4cnc5ccccc54)cccc3c2)cc1. The van der Waals surface area contributed by atoms with Crippen LogP contribution in [0.2, 0.25) is 0 Å². The molecule has 0 saturated carbocycles. The summed E-state index contributed by atoms with van der Waals surface area (Å²) < 4.78 is 2.11. The Kier molecular flexibility index (Phi) is 3.69. The summed E-state index contributed by atoms with van der Waals surface area (Å²) in [7, 11) is 0. The van der Waals surface area contributed by atoms with Gasteiger partial charge in [0.1, 0.15) is 6.33 Å². The van der Waals surface area contributed by atoms with Crippen LogP contribution in [0.15, 0.2) is 91.3 Å². The van der Waals surface area contributed by atoms with Gasteiger partial charge < -0.3 is 5.11 Å². The highest BCUT2D eigenvalue weighted by Crippen LogP contribution is 2.30. The molecule has 4 heteroatoms. The molecular weight excluding hydrogens is 348 g/mol. The van der Waals surface area contributed by atoms with Crippen molar-refractivity contribution >= 4 is 27.8 Å².